The average molecular weight is 595 g/mol. The molecule has 0 spiro atoms. The number of hydrogen-bond acceptors (Lipinski definition) is 6. The third kappa shape index (κ3) is 7.95. The second kappa shape index (κ2) is 15.0. The normalized spacial score (nSPS) is 10.7. The first-order valence-electron chi connectivity index (χ1n) is 14.2. The van der Waals surface area contributed by atoms with Crippen LogP contribution in [0.25, 0.3) is 33.4 Å². The topological polar surface area (TPSA) is 71.1 Å². The summed E-state index contributed by atoms with van der Waals surface area (Å²) in [6, 6.07) is 25.9. The van der Waals surface area contributed by atoms with E-state index in [0.717, 1.165) is 29.5 Å². The predicted octanol–water partition coefficient (Wildman–Crippen LogP) is 8.00. The van der Waals surface area contributed by atoms with E-state index in [9.17, 15) is 9.59 Å². The SMILES string of the molecule is C=C(COC)C(=O)Oc1ccc(-c2ccc(OC(=O)C(=C)COC)c(-c3ccc(-c4ccc(CCC)cc4)cc3)c2)cc1F. The van der Waals surface area contributed by atoms with Gasteiger partial charge >= 0.3 is 11.9 Å². The minimum absolute atomic E-state index is 0.0245. The Kier molecular flexibility index (Phi) is 11.0. The van der Waals surface area contributed by atoms with E-state index >= 15 is 4.39 Å². The summed E-state index contributed by atoms with van der Waals surface area (Å²) in [7, 11) is 2.89. The lowest BCUT2D eigenvalue weighted by atomic mass is 9.95. The second-order valence-corrected chi connectivity index (χ2v) is 10.2. The first-order valence-corrected chi connectivity index (χ1v) is 14.2. The Hall–Kier alpha value is -4.85. The van der Waals surface area contributed by atoms with Gasteiger partial charge in [-0.25, -0.2) is 14.0 Å². The molecule has 0 unspecified atom stereocenters. The largest absolute Gasteiger partial charge is 0.422 e. The quantitative estimate of drug-likeness (QED) is 0.0888. The minimum Gasteiger partial charge on any atom is -0.422 e. The van der Waals surface area contributed by atoms with Crippen molar-refractivity contribution in [1.29, 1.82) is 0 Å². The zero-order valence-electron chi connectivity index (χ0n) is 25.2. The molecule has 4 aromatic carbocycles. The fourth-order valence-electron chi connectivity index (χ4n) is 4.59. The molecule has 6 nitrogen and oxygen atoms in total. The van der Waals surface area contributed by atoms with E-state index in [1.54, 1.807) is 18.2 Å². The maximum atomic E-state index is 15.0. The van der Waals surface area contributed by atoms with Gasteiger partial charge < -0.3 is 18.9 Å². The highest BCUT2D eigenvalue weighted by atomic mass is 19.1. The Morgan fingerprint density at radius 3 is 1.61 bits per heavy atom. The molecular formula is C37H35FO6. The number of rotatable bonds is 13. The Morgan fingerprint density at radius 2 is 1.09 bits per heavy atom. The van der Waals surface area contributed by atoms with Crippen LogP contribution in [0.3, 0.4) is 0 Å². The first-order chi connectivity index (χ1) is 21.2. The standard InChI is InChI=1S/C37H35FO6/c1-6-7-26-8-10-27(11-9-26)28-12-14-29(15-13-28)32-20-30(16-18-34(32)43-36(39)24(2)22-41-4)31-17-19-35(33(38)21-31)44-37(40)25(3)23-42-5/h8-21H,2-3,6-7,22-23H2,1,4-5H3. The Balaban J connectivity index is 1.67. The van der Waals surface area contributed by atoms with Crippen LogP contribution in [0.1, 0.15) is 18.9 Å². The number of carbonyl (C=O) groups excluding carboxylic acids is 2. The minimum atomic E-state index is -0.776. The Morgan fingerprint density at radius 1 is 0.636 bits per heavy atom. The number of benzene rings is 4. The zero-order chi connectivity index (χ0) is 31.6. The smallest absolute Gasteiger partial charge is 0.341 e. The van der Waals surface area contributed by atoms with Crippen molar-refractivity contribution in [2.24, 2.45) is 0 Å². The first kappa shape index (κ1) is 32.1. The van der Waals surface area contributed by atoms with E-state index in [4.69, 9.17) is 18.9 Å². The third-order valence-corrected chi connectivity index (χ3v) is 6.89. The summed E-state index contributed by atoms with van der Waals surface area (Å²) in [5.74, 6) is -2.02. The van der Waals surface area contributed by atoms with Crippen molar-refractivity contribution in [3.8, 4) is 44.9 Å². The lowest BCUT2D eigenvalue weighted by Crippen LogP contribution is -2.14. The highest BCUT2D eigenvalue weighted by Gasteiger charge is 2.17. The van der Waals surface area contributed by atoms with Crippen LogP contribution in [0.2, 0.25) is 0 Å². The molecule has 0 bridgehead atoms. The van der Waals surface area contributed by atoms with Crippen molar-refractivity contribution in [2.75, 3.05) is 27.4 Å². The van der Waals surface area contributed by atoms with Gasteiger partial charge in [-0.3, -0.25) is 0 Å². The summed E-state index contributed by atoms with van der Waals surface area (Å²) in [5.41, 5.74) is 6.28. The van der Waals surface area contributed by atoms with Crippen molar-refractivity contribution in [1.82, 2.24) is 0 Å². The molecule has 0 saturated heterocycles. The third-order valence-electron chi connectivity index (χ3n) is 6.89. The Bertz CT molecular complexity index is 1650. The van der Waals surface area contributed by atoms with E-state index in [0.29, 0.717) is 22.4 Å². The molecule has 44 heavy (non-hydrogen) atoms. The molecule has 0 amide bonds. The lowest BCUT2D eigenvalue weighted by molar-refractivity contribution is -0.131. The molecule has 0 N–H and O–H groups in total. The van der Waals surface area contributed by atoms with Crippen molar-refractivity contribution in [3.63, 3.8) is 0 Å². The molecule has 0 saturated carbocycles. The molecule has 0 aliphatic heterocycles. The van der Waals surface area contributed by atoms with Gasteiger partial charge in [0.05, 0.1) is 24.4 Å². The molecule has 0 atom stereocenters. The number of aryl methyl sites for hydroxylation is 1. The van der Waals surface area contributed by atoms with Gasteiger partial charge in [0.15, 0.2) is 11.6 Å². The van der Waals surface area contributed by atoms with Crippen LogP contribution in [0.15, 0.2) is 109 Å². The van der Waals surface area contributed by atoms with Gasteiger partial charge in [-0.1, -0.05) is 87.2 Å². The summed E-state index contributed by atoms with van der Waals surface area (Å²) in [4.78, 5) is 24.9. The molecule has 0 radical (unpaired) electrons. The van der Waals surface area contributed by atoms with Crippen LogP contribution < -0.4 is 9.47 Å². The molecule has 4 aromatic rings. The average Bonchev–Trinajstić information content (AvgIpc) is 3.03. The number of methoxy groups -OCH3 is 2. The van der Waals surface area contributed by atoms with Crippen LogP contribution in [0.5, 0.6) is 11.5 Å². The monoisotopic (exact) mass is 594 g/mol. The summed E-state index contributed by atoms with van der Waals surface area (Å²) in [6.07, 6.45) is 2.13. The van der Waals surface area contributed by atoms with E-state index in [1.807, 2.05) is 30.3 Å². The maximum absolute atomic E-state index is 15.0. The van der Waals surface area contributed by atoms with Crippen LogP contribution in [0, 0.1) is 5.82 Å². The molecule has 226 valence electrons. The van der Waals surface area contributed by atoms with Crippen LogP contribution in [-0.4, -0.2) is 39.4 Å². The lowest BCUT2D eigenvalue weighted by Gasteiger charge is -2.15. The summed E-state index contributed by atoms with van der Waals surface area (Å²) < 4.78 is 35.8. The number of hydrogen-bond donors (Lipinski definition) is 0. The van der Waals surface area contributed by atoms with Gasteiger partial charge in [0.2, 0.25) is 0 Å². The molecule has 4 rings (SSSR count). The van der Waals surface area contributed by atoms with Crippen molar-refractivity contribution >= 4 is 11.9 Å². The molecule has 7 heteroatoms. The summed E-state index contributed by atoms with van der Waals surface area (Å²) in [6.45, 7) is 9.50. The van der Waals surface area contributed by atoms with Gasteiger partial charge in [0.1, 0.15) is 5.75 Å². The molecular weight excluding hydrogens is 559 g/mol. The Labute approximate surface area is 257 Å². The van der Waals surface area contributed by atoms with E-state index in [1.165, 1.54) is 31.9 Å². The van der Waals surface area contributed by atoms with Gasteiger partial charge in [-0.15, -0.1) is 0 Å². The van der Waals surface area contributed by atoms with Gasteiger partial charge in [0.25, 0.3) is 0 Å². The van der Waals surface area contributed by atoms with Gasteiger partial charge in [-0.2, -0.15) is 0 Å². The second-order valence-electron chi connectivity index (χ2n) is 10.2. The number of ether oxygens (including phenoxy) is 4. The fraction of sp³-hybridized carbons (Fsp3) is 0.189. The highest BCUT2D eigenvalue weighted by molar-refractivity contribution is 5.92. The van der Waals surface area contributed by atoms with E-state index in [2.05, 4.69) is 44.3 Å². The summed E-state index contributed by atoms with van der Waals surface area (Å²) >= 11 is 0. The van der Waals surface area contributed by atoms with Crippen molar-refractivity contribution in [2.45, 2.75) is 19.8 Å². The van der Waals surface area contributed by atoms with E-state index in [-0.39, 0.29) is 30.1 Å². The van der Waals surface area contributed by atoms with Gasteiger partial charge in [-0.05, 0) is 64.1 Å². The number of halogens is 1. The molecule has 0 aliphatic carbocycles. The number of carbonyl (C=O) groups is 2. The molecule has 0 fully saturated rings. The molecule has 0 aliphatic rings. The van der Waals surface area contributed by atoms with Crippen molar-refractivity contribution in [3.05, 3.63) is 121 Å². The van der Waals surface area contributed by atoms with E-state index < -0.39 is 17.8 Å². The fourth-order valence-corrected chi connectivity index (χ4v) is 4.59. The van der Waals surface area contributed by atoms with Crippen LogP contribution >= 0.6 is 0 Å². The number of esters is 2. The molecule has 0 heterocycles. The predicted molar refractivity (Wildman–Crippen MR) is 170 cm³/mol. The zero-order valence-corrected chi connectivity index (χ0v) is 25.2. The summed E-state index contributed by atoms with van der Waals surface area (Å²) in [5, 5.41) is 0. The van der Waals surface area contributed by atoms with Gasteiger partial charge in [0, 0.05) is 19.8 Å². The molecule has 0 aromatic heterocycles. The van der Waals surface area contributed by atoms with Crippen LogP contribution in [0.4, 0.5) is 4.39 Å². The maximum Gasteiger partial charge on any atom is 0.341 e. The van der Waals surface area contributed by atoms with Crippen LogP contribution in [-0.2, 0) is 25.5 Å². The highest BCUT2D eigenvalue weighted by Crippen LogP contribution is 2.37. The van der Waals surface area contributed by atoms with Crippen molar-refractivity contribution < 1.29 is 32.9 Å².